The summed E-state index contributed by atoms with van der Waals surface area (Å²) in [6.07, 6.45) is -0.173. The van der Waals surface area contributed by atoms with Crippen molar-refractivity contribution in [3.05, 3.63) is 84.4 Å². The molecule has 3 aromatic rings. The number of carbonyl (C=O) groups is 2. The molecule has 0 unspecified atom stereocenters. The Balaban J connectivity index is 1.95. The molecule has 0 spiro atoms. The van der Waals surface area contributed by atoms with Gasteiger partial charge in [0.1, 0.15) is 5.75 Å². The molecular weight excluding hydrogens is 404 g/mol. The Morgan fingerprint density at radius 1 is 0.900 bits per heavy atom. The summed E-state index contributed by atoms with van der Waals surface area (Å²) in [6, 6.07) is 19.6. The molecule has 0 saturated carbocycles. The predicted molar refractivity (Wildman–Crippen MR) is 114 cm³/mol. The summed E-state index contributed by atoms with van der Waals surface area (Å²) < 4.78 is 27.2. The first-order valence-corrected chi connectivity index (χ1v) is 10.5. The SMILES string of the molecule is CC(=O)Nc1ccc(CC(=O)N(c2ccc(O)cc2)S(=O)(=O)c2ccccc2)cc1. The lowest BCUT2D eigenvalue weighted by Gasteiger charge is -2.23. The molecule has 0 aliphatic carbocycles. The van der Waals surface area contributed by atoms with Gasteiger partial charge in [0.15, 0.2) is 0 Å². The van der Waals surface area contributed by atoms with Crippen LogP contribution in [0.5, 0.6) is 5.75 Å². The third kappa shape index (κ3) is 4.84. The molecule has 30 heavy (non-hydrogen) atoms. The number of sulfonamides is 1. The minimum Gasteiger partial charge on any atom is -0.508 e. The maximum absolute atomic E-state index is 13.2. The van der Waals surface area contributed by atoms with Gasteiger partial charge in [0.2, 0.25) is 11.8 Å². The molecule has 3 rings (SSSR count). The molecule has 154 valence electrons. The summed E-state index contributed by atoms with van der Waals surface area (Å²) in [4.78, 5) is 24.2. The van der Waals surface area contributed by atoms with E-state index in [1.54, 1.807) is 42.5 Å². The molecule has 7 nitrogen and oxygen atoms in total. The van der Waals surface area contributed by atoms with Gasteiger partial charge in [-0.3, -0.25) is 9.59 Å². The van der Waals surface area contributed by atoms with E-state index in [1.165, 1.54) is 43.3 Å². The number of hydrogen-bond donors (Lipinski definition) is 2. The van der Waals surface area contributed by atoms with Crippen LogP contribution >= 0.6 is 0 Å². The standard InChI is InChI=1S/C22H20N2O5S/c1-16(25)23-18-9-7-17(8-10-18)15-22(27)24(19-11-13-20(26)14-12-19)30(28,29)21-5-3-2-4-6-21/h2-14,26H,15H2,1H3,(H,23,25). The largest absolute Gasteiger partial charge is 0.508 e. The van der Waals surface area contributed by atoms with Crippen molar-refractivity contribution >= 4 is 33.2 Å². The molecule has 0 heterocycles. The quantitative estimate of drug-likeness (QED) is 0.632. The average Bonchev–Trinajstić information content (AvgIpc) is 2.71. The minimum atomic E-state index is -4.17. The van der Waals surface area contributed by atoms with Crippen LogP contribution in [0.4, 0.5) is 11.4 Å². The fourth-order valence-electron chi connectivity index (χ4n) is 2.86. The Hall–Kier alpha value is -3.65. The molecule has 8 heteroatoms. The fourth-order valence-corrected chi connectivity index (χ4v) is 4.30. The molecule has 2 N–H and O–H groups in total. The number of phenolic OH excluding ortho intramolecular Hbond substituents is 1. The van der Waals surface area contributed by atoms with Crippen LogP contribution in [0.1, 0.15) is 12.5 Å². The second-order valence-corrected chi connectivity index (χ2v) is 8.33. The molecule has 0 bridgehead atoms. The van der Waals surface area contributed by atoms with Crippen molar-refractivity contribution in [2.75, 3.05) is 9.62 Å². The Morgan fingerprint density at radius 3 is 2.07 bits per heavy atom. The van der Waals surface area contributed by atoms with Crippen molar-refractivity contribution in [2.45, 2.75) is 18.2 Å². The molecular formula is C22H20N2O5S. The molecule has 0 aliphatic heterocycles. The van der Waals surface area contributed by atoms with Crippen LogP contribution in [0.3, 0.4) is 0 Å². The zero-order chi connectivity index (χ0) is 21.7. The normalized spacial score (nSPS) is 11.0. The van der Waals surface area contributed by atoms with E-state index in [0.717, 1.165) is 4.31 Å². The Morgan fingerprint density at radius 2 is 1.50 bits per heavy atom. The van der Waals surface area contributed by atoms with Gasteiger partial charge in [-0.05, 0) is 54.1 Å². The molecule has 0 aliphatic rings. The van der Waals surface area contributed by atoms with Gasteiger partial charge >= 0.3 is 0 Å². The van der Waals surface area contributed by atoms with E-state index in [2.05, 4.69) is 5.32 Å². The molecule has 2 amide bonds. The second-order valence-electron chi connectivity index (χ2n) is 6.55. The average molecular weight is 424 g/mol. The summed E-state index contributed by atoms with van der Waals surface area (Å²) >= 11 is 0. The van der Waals surface area contributed by atoms with E-state index < -0.39 is 15.9 Å². The highest BCUT2D eigenvalue weighted by molar-refractivity contribution is 7.93. The van der Waals surface area contributed by atoms with Crippen LogP contribution in [0.15, 0.2) is 83.8 Å². The van der Waals surface area contributed by atoms with Crippen LogP contribution in [-0.4, -0.2) is 25.3 Å². The van der Waals surface area contributed by atoms with E-state index >= 15 is 0 Å². The highest BCUT2D eigenvalue weighted by Crippen LogP contribution is 2.26. The number of rotatable bonds is 6. The first kappa shape index (κ1) is 21.1. The number of anilines is 2. The first-order chi connectivity index (χ1) is 14.3. The van der Waals surface area contributed by atoms with Crippen molar-refractivity contribution in [3.63, 3.8) is 0 Å². The van der Waals surface area contributed by atoms with Crippen molar-refractivity contribution < 1.29 is 23.1 Å². The predicted octanol–water partition coefficient (Wildman–Crippen LogP) is 3.32. The lowest BCUT2D eigenvalue weighted by molar-refractivity contribution is -0.117. The van der Waals surface area contributed by atoms with E-state index in [-0.39, 0.29) is 28.7 Å². The number of hydrogen-bond acceptors (Lipinski definition) is 5. The topological polar surface area (TPSA) is 104 Å². The van der Waals surface area contributed by atoms with Crippen LogP contribution in [0, 0.1) is 0 Å². The van der Waals surface area contributed by atoms with Gasteiger partial charge in [0, 0.05) is 12.6 Å². The van der Waals surface area contributed by atoms with Gasteiger partial charge in [-0.15, -0.1) is 0 Å². The van der Waals surface area contributed by atoms with Gasteiger partial charge in [-0.2, -0.15) is 0 Å². The summed E-state index contributed by atoms with van der Waals surface area (Å²) in [5, 5.41) is 12.2. The molecule has 0 fully saturated rings. The highest BCUT2D eigenvalue weighted by Gasteiger charge is 2.30. The number of phenols is 1. The lowest BCUT2D eigenvalue weighted by Crippen LogP contribution is -2.38. The summed E-state index contributed by atoms with van der Waals surface area (Å²) in [6.45, 7) is 1.39. The number of nitrogens with one attached hydrogen (secondary N) is 1. The van der Waals surface area contributed by atoms with Gasteiger partial charge in [-0.25, -0.2) is 12.7 Å². The van der Waals surface area contributed by atoms with E-state index in [1.807, 2.05) is 0 Å². The van der Waals surface area contributed by atoms with Crippen molar-refractivity contribution in [2.24, 2.45) is 0 Å². The summed E-state index contributed by atoms with van der Waals surface area (Å²) in [5.41, 5.74) is 1.28. The van der Waals surface area contributed by atoms with Crippen LogP contribution in [0.2, 0.25) is 0 Å². The zero-order valence-electron chi connectivity index (χ0n) is 16.1. The Labute approximate surface area is 174 Å². The van der Waals surface area contributed by atoms with E-state index in [9.17, 15) is 23.1 Å². The molecule has 0 saturated heterocycles. The number of benzene rings is 3. The fraction of sp³-hybridized carbons (Fsp3) is 0.0909. The number of amides is 2. The highest BCUT2D eigenvalue weighted by atomic mass is 32.2. The van der Waals surface area contributed by atoms with E-state index in [0.29, 0.717) is 11.3 Å². The molecule has 3 aromatic carbocycles. The van der Waals surface area contributed by atoms with E-state index in [4.69, 9.17) is 0 Å². The monoisotopic (exact) mass is 424 g/mol. The Bertz CT molecular complexity index is 1140. The summed E-state index contributed by atoms with van der Waals surface area (Å²) in [7, 11) is -4.17. The third-order valence-electron chi connectivity index (χ3n) is 4.22. The second kappa shape index (κ2) is 8.79. The van der Waals surface area contributed by atoms with Gasteiger partial charge in [0.25, 0.3) is 10.0 Å². The third-order valence-corrected chi connectivity index (χ3v) is 5.98. The minimum absolute atomic E-state index is 0.0209. The van der Waals surface area contributed by atoms with Gasteiger partial charge in [-0.1, -0.05) is 30.3 Å². The van der Waals surface area contributed by atoms with Gasteiger partial charge in [0.05, 0.1) is 17.0 Å². The van der Waals surface area contributed by atoms with Crippen LogP contribution < -0.4 is 9.62 Å². The van der Waals surface area contributed by atoms with Crippen LogP contribution in [0.25, 0.3) is 0 Å². The smallest absolute Gasteiger partial charge is 0.270 e. The number of carbonyl (C=O) groups excluding carboxylic acids is 2. The Kier molecular flexibility index (Phi) is 6.17. The van der Waals surface area contributed by atoms with Crippen LogP contribution in [-0.2, 0) is 26.0 Å². The maximum atomic E-state index is 13.2. The lowest BCUT2D eigenvalue weighted by atomic mass is 10.1. The first-order valence-electron chi connectivity index (χ1n) is 9.06. The number of nitrogens with zero attached hydrogens (tertiary/aromatic N) is 1. The van der Waals surface area contributed by atoms with Crippen molar-refractivity contribution in [1.29, 1.82) is 0 Å². The van der Waals surface area contributed by atoms with Crippen molar-refractivity contribution in [3.8, 4) is 5.75 Å². The van der Waals surface area contributed by atoms with Gasteiger partial charge < -0.3 is 10.4 Å². The zero-order valence-corrected chi connectivity index (χ0v) is 17.0. The number of aromatic hydroxyl groups is 1. The summed E-state index contributed by atoms with van der Waals surface area (Å²) in [5.74, 6) is -0.917. The molecule has 0 aromatic heterocycles. The molecule has 0 atom stereocenters. The molecule has 0 radical (unpaired) electrons. The maximum Gasteiger partial charge on any atom is 0.270 e. The van der Waals surface area contributed by atoms with Crippen molar-refractivity contribution in [1.82, 2.24) is 0 Å².